The summed E-state index contributed by atoms with van der Waals surface area (Å²) in [5.74, 6) is -0.507. The molecule has 2 aromatic carbocycles. The Morgan fingerprint density at radius 3 is 2.54 bits per heavy atom. The van der Waals surface area contributed by atoms with E-state index >= 15 is 0 Å². The van der Waals surface area contributed by atoms with E-state index < -0.39 is 10.8 Å². The zero-order chi connectivity index (χ0) is 20.1. The van der Waals surface area contributed by atoms with Crippen LogP contribution >= 0.6 is 11.3 Å². The first-order valence-electron chi connectivity index (χ1n) is 8.31. The van der Waals surface area contributed by atoms with Gasteiger partial charge in [-0.15, -0.1) is 11.3 Å². The zero-order valence-electron chi connectivity index (χ0n) is 14.9. The van der Waals surface area contributed by atoms with E-state index in [0.717, 1.165) is 5.56 Å². The molecule has 0 saturated heterocycles. The molecule has 0 saturated carbocycles. The summed E-state index contributed by atoms with van der Waals surface area (Å²) in [5, 5.41) is 23.3. The Balaban J connectivity index is 1.85. The number of amides is 1. The van der Waals surface area contributed by atoms with Gasteiger partial charge in [0.05, 0.1) is 10.5 Å². The second kappa shape index (κ2) is 8.29. The lowest BCUT2D eigenvalue weighted by molar-refractivity contribution is -0.384. The van der Waals surface area contributed by atoms with Gasteiger partial charge in [0.15, 0.2) is 0 Å². The average Bonchev–Trinajstić information content (AvgIpc) is 3.16. The number of nitrogens with one attached hydrogen (secondary N) is 1. The summed E-state index contributed by atoms with van der Waals surface area (Å²) in [5.41, 5.74) is 2.13. The monoisotopic (exact) mass is 389 g/mol. The van der Waals surface area contributed by atoms with Crippen LogP contribution in [-0.4, -0.2) is 10.8 Å². The van der Waals surface area contributed by atoms with E-state index in [1.165, 1.54) is 23.5 Å². The molecule has 6 nitrogen and oxygen atoms in total. The van der Waals surface area contributed by atoms with Crippen LogP contribution in [0.2, 0.25) is 0 Å². The molecule has 1 aromatic heterocycles. The second-order valence-corrected chi connectivity index (χ2v) is 7.08. The van der Waals surface area contributed by atoms with Gasteiger partial charge in [0.25, 0.3) is 11.6 Å². The van der Waals surface area contributed by atoms with Gasteiger partial charge < -0.3 is 5.32 Å². The van der Waals surface area contributed by atoms with Crippen molar-refractivity contribution in [3.63, 3.8) is 0 Å². The van der Waals surface area contributed by atoms with Gasteiger partial charge in [0.2, 0.25) is 0 Å². The predicted molar refractivity (Wildman–Crippen MR) is 110 cm³/mol. The zero-order valence-corrected chi connectivity index (χ0v) is 15.7. The molecule has 7 heteroatoms. The molecule has 138 valence electrons. The summed E-state index contributed by atoms with van der Waals surface area (Å²) in [7, 11) is 0. The van der Waals surface area contributed by atoms with Gasteiger partial charge in [-0.1, -0.05) is 29.8 Å². The van der Waals surface area contributed by atoms with Crippen molar-refractivity contribution in [2.24, 2.45) is 0 Å². The first-order chi connectivity index (χ1) is 13.5. The predicted octanol–water partition coefficient (Wildman–Crippen LogP) is 5.18. The molecule has 0 radical (unpaired) electrons. The maximum absolute atomic E-state index is 12.4. The van der Waals surface area contributed by atoms with Crippen LogP contribution in [0.3, 0.4) is 0 Å². The van der Waals surface area contributed by atoms with Gasteiger partial charge in [-0.2, -0.15) is 5.26 Å². The maximum Gasteiger partial charge on any atom is 0.278 e. The fourth-order valence-electron chi connectivity index (χ4n) is 2.54. The van der Waals surface area contributed by atoms with Crippen molar-refractivity contribution in [3.8, 4) is 16.5 Å². The average molecular weight is 389 g/mol. The Morgan fingerprint density at radius 2 is 1.86 bits per heavy atom. The van der Waals surface area contributed by atoms with Crippen molar-refractivity contribution in [2.75, 3.05) is 5.32 Å². The third-order valence-corrected chi connectivity index (χ3v) is 5.02. The van der Waals surface area contributed by atoms with E-state index in [0.29, 0.717) is 21.0 Å². The number of thiophene rings is 1. The molecular formula is C21H15N3O3S. The SMILES string of the molecule is Cc1ccc(NC(=O)/C(C#N)=C/c2ccc(-c3ccccc3[N+](=O)[O-])s2)cc1. The molecule has 1 amide bonds. The highest BCUT2D eigenvalue weighted by molar-refractivity contribution is 7.16. The van der Waals surface area contributed by atoms with Crippen LogP contribution in [0.5, 0.6) is 0 Å². The molecular weight excluding hydrogens is 374 g/mol. The highest BCUT2D eigenvalue weighted by Crippen LogP contribution is 2.35. The number of nitro benzene ring substituents is 1. The van der Waals surface area contributed by atoms with Crippen LogP contribution < -0.4 is 5.32 Å². The Bertz CT molecular complexity index is 1110. The Kier molecular flexibility index (Phi) is 5.63. The van der Waals surface area contributed by atoms with E-state index in [9.17, 15) is 20.2 Å². The molecule has 0 aliphatic rings. The van der Waals surface area contributed by atoms with E-state index in [-0.39, 0.29) is 11.3 Å². The Hall–Kier alpha value is -3.76. The van der Waals surface area contributed by atoms with E-state index in [2.05, 4.69) is 5.32 Å². The third kappa shape index (κ3) is 4.31. The van der Waals surface area contributed by atoms with Gasteiger partial charge in [0, 0.05) is 21.5 Å². The number of benzene rings is 2. The highest BCUT2D eigenvalue weighted by atomic mass is 32.1. The van der Waals surface area contributed by atoms with Crippen LogP contribution in [0.4, 0.5) is 11.4 Å². The standard InChI is InChI=1S/C21H15N3O3S/c1-14-6-8-16(9-7-14)23-21(25)15(13-22)12-17-10-11-20(28-17)18-4-2-3-5-19(18)24(26)27/h2-12H,1H3,(H,23,25)/b15-12+. The molecule has 0 bridgehead atoms. The second-order valence-electron chi connectivity index (χ2n) is 5.97. The minimum atomic E-state index is -0.507. The van der Waals surface area contributed by atoms with Crippen molar-refractivity contribution in [3.05, 3.63) is 86.8 Å². The van der Waals surface area contributed by atoms with Crippen molar-refractivity contribution in [1.29, 1.82) is 5.26 Å². The fraction of sp³-hybridized carbons (Fsp3) is 0.0476. The lowest BCUT2D eigenvalue weighted by Crippen LogP contribution is -2.13. The van der Waals surface area contributed by atoms with Crippen molar-refractivity contribution < 1.29 is 9.72 Å². The molecule has 1 heterocycles. The Morgan fingerprint density at radius 1 is 1.14 bits per heavy atom. The van der Waals surface area contributed by atoms with Gasteiger partial charge >= 0.3 is 0 Å². The largest absolute Gasteiger partial charge is 0.321 e. The van der Waals surface area contributed by atoms with Crippen LogP contribution in [0.15, 0.2) is 66.2 Å². The minimum Gasteiger partial charge on any atom is -0.321 e. The van der Waals surface area contributed by atoms with Crippen molar-refractivity contribution >= 4 is 34.7 Å². The number of aryl methyl sites for hydroxylation is 1. The first kappa shape index (κ1) is 19.0. The summed E-state index contributed by atoms with van der Waals surface area (Å²) >= 11 is 1.27. The van der Waals surface area contributed by atoms with Crippen molar-refractivity contribution in [1.82, 2.24) is 0 Å². The number of hydrogen-bond donors (Lipinski definition) is 1. The van der Waals surface area contributed by atoms with E-state index in [4.69, 9.17) is 0 Å². The molecule has 0 atom stereocenters. The summed E-state index contributed by atoms with van der Waals surface area (Å²) in [6, 6.07) is 19.1. The summed E-state index contributed by atoms with van der Waals surface area (Å²) < 4.78 is 0. The van der Waals surface area contributed by atoms with E-state index in [1.807, 2.05) is 25.1 Å². The lowest BCUT2D eigenvalue weighted by atomic mass is 10.1. The summed E-state index contributed by atoms with van der Waals surface area (Å²) in [6.07, 6.45) is 1.48. The number of rotatable bonds is 5. The molecule has 0 spiro atoms. The molecule has 28 heavy (non-hydrogen) atoms. The molecule has 0 fully saturated rings. The normalized spacial score (nSPS) is 10.9. The third-order valence-electron chi connectivity index (χ3n) is 3.95. The molecule has 0 aliphatic heterocycles. The first-order valence-corrected chi connectivity index (χ1v) is 9.13. The van der Waals surface area contributed by atoms with E-state index in [1.54, 1.807) is 42.5 Å². The number of nitro groups is 1. The minimum absolute atomic E-state index is 0.0116. The number of para-hydroxylation sites is 1. The maximum atomic E-state index is 12.4. The number of nitriles is 1. The molecule has 0 unspecified atom stereocenters. The van der Waals surface area contributed by atoms with Crippen LogP contribution in [0, 0.1) is 28.4 Å². The molecule has 3 rings (SSSR count). The van der Waals surface area contributed by atoms with Crippen LogP contribution in [-0.2, 0) is 4.79 Å². The fourth-order valence-corrected chi connectivity index (χ4v) is 3.53. The van der Waals surface area contributed by atoms with Crippen molar-refractivity contribution in [2.45, 2.75) is 6.92 Å². The highest BCUT2D eigenvalue weighted by Gasteiger charge is 2.16. The quantitative estimate of drug-likeness (QED) is 0.281. The van der Waals surface area contributed by atoms with Crippen LogP contribution in [0.25, 0.3) is 16.5 Å². The van der Waals surface area contributed by atoms with Gasteiger partial charge in [0.1, 0.15) is 11.6 Å². The topological polar surface area (TPSA) is 96.0 Å². The van der Waals surface area contributed by atoms with Crippen LogP contribution in [0.1, 0.15) is 10.4 Å². The van der Waals surface area contributed by atoms with Gasteiger partial charge in [-0.3, -0.25) is 14.9 Å². The number of carbonyl (C=O) groups excluding carboxylic acids is 1. The Labute approximate surface area is 165 Å². The smallest absolute Gasteiger partial charge is 0.278 e. The molecule has 3 aromatic rings. The number of carbonyl (C=O) groups is 1. The summed E-state index contributed by atoms with van der Waals surface area (Å²) in [6.45, 7) is 1.94. The number of hydrogen-bond acceptors (Lipinski definition) is 5. The number of nitrogens with zero attached hydrogens (tertiary/aromatic N) is 2. The van der Waals surface area contributed by atoms with Gasteiger partial charge in [-0.05, 0) is 43.3 Å². The lowest BCUT2D eigenvalue weighted by Gasteiger charge is -2.04. The molecule has 0 aliphatic carbocycles. The number of anilines is 1. The summed E-state index contributed by atoms with van der Waals surface area (Å²) in [4.78, 5) is 24.5. The molecule has 1 N–H and O–H groups in total. The van der Waals surface area contributed by atoms with Gasteiger partial charge in [-0.25, -0.2) is 0 Å².